The Balaban J connectivity index is 1.69. The second-order valence-electron chi connectivity index (χ2n) is 9.63. The number of amides is 1. The number of thiazole rings is 1. The first-order valence-electron chi connectivity index (χ1n) is 13.4. The number of carbonyl (C=O) groups is 2. The van der Waals surface area contributed by atoms with Crippen LogP contribution in [0.1, 0.15) is 42.1 Å². The third-order valence-corrected chi connectivity index (χ3v) is 8.06. The highest BCUT2D eigenvalue weighted by molar-refractivity contribution is 7.07. The molecule has 3 heterocycles. The molecule has 0 aliphatic carbocycles. The lowest BCUT2D eigenvalue weighted by molar-refractivity contribution is -0.138. The molecule has 0 spiro atoms. The fourth-order valence-corrected chi connectivity index (χ4v) is 6.32. The monoisotopic (exact) mass is 565 g/mol. The van der Waals surface area contributed by atoms with Crippen molar-refractivity contribution in [1.82, 2.24) is 4.57 Å². The lowest BCUT2D eigenvalue weighted by Crippen LogP contribution is -2.40. The molecule has 41 heavy (non-hydrogen) atoms. The van der Waals surface area contributed by atoms with Crippen LogP contribution in [0, 0.1) is 6.92 Å². The third-order valence-electron chi connectivity index (χ3n) is 7.00. The molecule has 2 aliphatic heterocycles. The molecule has 4 aromatic rings. The maximum atomic E-state index is 14.3. The van der Waals surface area contributed by atoms with E-state index >= 15 is 0 Å². The summed E-state index contributed by atoms with van der Waals surface area (Å²) in [4.78, 5) is 46.3. The highest BCUT2D eigenvalue weighted by Crippen LogP contribution is 2.36. The molecular formula is C32H27N3O5S. The summed E-state index contributed by atoms with van der Waals surface area (Å²) in [6, 6.07) is 21.5. The Morgan fingerprint density at radius 1 is 1.00 bits per heavy atom. The zero-order valence-electron chi connectivity index (χ0n) is 22.8. The maximum Gasteiger partial charge on any atom is 0.338 e. The van der Waals surface area contributed by atoms with Crippen LogP contribution in [-0.4, -0.2) is 29.7 Å². The average molecular weight is 566 g/mol. The van der Waals surface area contributed by atoms with E-state index in [2.05, 4.69) is 5.32 Å². The van der Waals surface area contributed by atoms with Crippen LogP contribution in [0.5, 0.6) is 5.75 Å². The number of ether oxygens (including phenoxy) is 2. The second kappa shape index (κ2) is 10.7. The Labute approximate surface area is 239 Å². The van der Waals surface area contributed by atoms with E-state index in [0.29, 0.717) is 50.8 Å². The molecule has 0 saturated heterocycles. The third kappa shape index (κ3) is 4.58. The van der Waals surface area contributed by atoms with Gasteiger partial charge in [-0.25, -0.2) is 9.79 Å². The summed E-state index contributed by atoms with van der Waals surface area (Å²) in [5.74, 6) is -0.238. The molecule has 8 nitrogen and oxygen atoms in total. The predicted molar refractivity (Wildman–Crippen MR) is 157 cm³/mol. The Morgan fingerprint density at radius 2 is 1.76 bits per heavy atom. The van der Waals surface area contributed by atoms with Crippen LogP contribution in [0.3, 0.4) is 0 Å². The van der Waals surface area contributed by atoms with Crippen molar-refractivity contribution in [2.24, 2.45) is 4.99 Å². The number of nitrogens with zero attached hydrogens (tertiary/aromatic N) is 2. The number of hydrogen-bond donors (Lipinski definition) is 1. The van der Waals surface area contributed by atoms with Crippen molar-refractivity contribution in [2.75, 3.05) is 18.5 Å². The summed E-state index contributed by atoms with van der Waals surface area (Å²) in [5, 5.41) is 2.87. The lowest BCUT2D eigenvalue weighted by Gasteiger charge is -2.26. The van der Waals surface area contributed by atoms with Crippen molar-refractivity contribution >= 4 is 40.2 Å². The van der Waals surface area contributed by atoms with Gasteiger partial charge >= 0.3 is 5.97 Å². The molecule has 0 bridgehead atoms. The van der Waals surface area contributed by atoms with Crippen LogP contribution in [-0.2, 0) is 14.3 Å². The van der Waals surface area contributed by atoms with Crippen LogP contribution in [0.15, 0.2) is 88.2 Å². The summed E-state index contributed by atoms with van der Waals surface area (Å²) in [7, 11) is 0. The molecule has 1 atom stereocenters. The molecule has 2 aliphatic rings. The van der Waals surface area contributed by atoms with Crippen molar-refractivity contribution in [1.29, 1.82) is 0 Å². The molecule has 1 amide bonds. The van der Waals surface area contributed by atoms with Gasteiger partial charge in [0.2, 0.25) is 0 Å². The van der Waals surface area contributed by atoms with E-state index in [1.807, 2.05) is 86.6 Å². The normalized spacial score (nSPS) is 17.0. The highest BCUT2D eigenvalue weighted by Gasteiger charge is 2.36. The van der Waals surface area contributed by atoms with Gasteiger partial charge in [0.1, 0.15) is 10.3 Å². The van der Waals surface area contributed by atoms with Gasteiger partial charge in [0.05, 0.1) is 36.1 Å². The SMILES string of the molecule is CCOC(=O)C1=C(c2ccccc2)N=c2s/c(=C3/C(=O)Nc4ccc(C)cc43)c(=O)n2[C@@H]1c1ccc(OCC)cc1. The van der Waals surface area contributed by atoms with Crippen molar-refractivity contribution < 1.29 is 19.1 Å². The molecule has 206 valence electrons. The first-order valence-corrected chi connectivity index (χ1v) is 14.2. The number of fused-ring (bicyclic) bond motifs is 2. The summed E-state index contributed by atoms with van der Waals surface area (Å²) in [6.45, 7) is 6.24. The predicted octanol–water partition coefficient (Wildman–Crippen LogP) is 3.97. The minimum Gasteiger partial charge on any atom is -0.494 e. The van der Waals surface area contributed by atoms with Crippen molar-refractivity contribution in [3.8, 4) is 5.75 Å². The average Bonchev–Trinajstić information content (AvgIpc) is 3.47. The van der Waals surface area contributed by atoms with E-state index in [9.17, 15) is 14.4 Å². The molecule has 6 rings (SSSR count). The van der Waals surface area contributed by atoms with Crippen molar-refractivity contribution in [2.45, 2.75) is 26.8 Å². The number of aromatic nitrogens is 1. The molecule has 0 radical (unpaired) electrons. The van der Waals surface area contributed by atoms with Gasteiger partial charge < -0.3 is 14.8 Å². The number of hydrogen-bond acceptors (Lipinski definition) is 7. The van der Waals surface area contributed by atoms with Crippen LogP contribution in [0.25, 0.3) is 11.3 Å². The summed E-state index contributed by atoms with van der Waals surface area (Å²) < 4.78 is 12.9. The van der Waals surface area contributed by atoms with Gasteiger partial charge in [0.15, 0.2) is 4.80 Å². The van der Waals surface area contributed by atoms with E-state index in [1.165, 1.54) is 4.57 Å². The Morgan fingerprint density at radius 3 is 2.46 bits per heavy atom. The number of esters is 1. The van der Waals surface area contributed by atoms with Crippen LogP contribution >= 0.6 is 11.3 Å². The first kappa shape index (κ1) is 26.5. The molecule has 9 heteroatoms. The Kier molecular flexibility index (Phi) is 6.88. The zero-order valence-corrected chi connectivity index (χ0v) is 23.6. The van der Waals surface area contributed by atoms with Gasteiger partial charge in [-0.1, -0.05) is 65.4 Å². The van der Waals surface area contributed by atoms with Gasteiger partial charge in [-0.2, -0.15) is 0 Å². The van der Waals surface area contributed by atoms with Crippen molar-refractivity contribution in [3.05, 3.63) is 120 Å². The minimum atomic E-state index is -0.841. The lowest BCUT2D eigenvalue weighted by atomic mass is 9.93. The number of aryl methyl sites for hydroxylation is 1. The number of benzene rings is 3. The molecule has 0 fully saturated rings. The van der Waals surface area contributed by atoms with Crippen LogP contribution in [0.4, 0.5) is 5.69 Å². The topological polar surface area (TPSA) is 99.0 Å². The number of carbonyl (C=O) groups excluding carboxylic acids is 2. The van der Waals surface area contributed by atoms with Crippen LogP contribution in [0.2, 0.25) is 0 Å². The standard InChI is InChI=1S/C32H27N3O5S/c1-4-39-21-14-12-20(13-15-21)27-25(31(38)40-5-2)26(19-9-7-6-8-10-19)34-32-35(27)30(37)28(41-32)24-22-17-18(3)11-16-23(22)33-29(24)36/h6-17,27H,4-5H2,1-3H3,(H,33,36)/b28-24+/t27-/m1/s1. The Bertz CT molecular complexity index is 1900. The fourth-order valence-electron chi connectivity index (χ4n) is 5.23. The molecule has 1 N–H and O–H groups in total. The minimum absolute atomic E-state index is 0.158. The van der Waals surface area contributed by atoms with E-state index in [1.54, 1.807) is 6.92 Å². The second-order valence-corrected chi connectivity index (χ2v) is 10.6. The van der Waals surface area contributed by atoms with Crippen molar-refractivity contribution in [3.63, 3.8) is 0 Å². The molecular weight excluding hydrogens is 538 g/mol. The molecule has 0 unspecified atom stereocenters. The summed E-state index contributed by atoms with van der Waals surface area (Å²) in [6.07, 6.45) is 0. The molecule has 3 aromatic carbocycles. The summed E-state index contributed by atoms with van der Waals surface area (Å²) in [5.41, 5.74) is 4.27. The van der Waals surface area contributed by atoms with Gasteiger partial charge in [-0.05, 0) is 50.6 Å². The maximum absolute atomic E-state index is 14.3. The largest absolute Gasteiger partial charge is 0.494 e. The molecule has 0 saturated carbocycles. The smallest absolute Gasteiger partial charge is 0.338 e. The van der Waals surface area contributed by atoms with E-state index in [-0.39, 0.29) is 22.6 Å². The van der Waals surface area contributed by atoms with E-state index in [4.69, 9.17) is 14.5 Å². The Hall–Kier alpha value is -4.76. The van der Waals surface area contributed by atoms with E-state index in [0.717, 1.165) is 16.9 Å². The quantitative estimate of drug-likeness (QED) is 0.357. The molecule has 1 aromatic heterocycles. The zero-order chi connectivity index (χ0) is 28.7. The van der Waals surface area contributed by atoms with Crippen LogP contribution < -0.4 is 24.9 Å². The number of nitrogens with one attached hydrogen (secondary N) is 1. The highest BCUT2D eigenvalue weighted by atomic mass is 32.1. The fraction of sp³-hybridized carbons (Fsp3) is 0.188. The summed E-state index contributed by atoms with van der Waals surface area (Å²) >= 11 is 1.14. The first-order chi connectivity index (χ1) is 19.9. The van der Waals surface area contributed by atoms with Gasteiger partial charge in [-0.15, -0.1) is 0 Å². The van der Waals surface area contributed by atoms with Gasteiger partial charge in [0.25, 0.3) is 11.5 Å². The van der Waals surface area contributed by atoms with Gasteiger partial charge in [-0.3, -0.25) is 14.2 Å². The van der Waals surface area contributed by atoms with E-state index < -0.39 is 17.6 Å². The number of anilines is 1. The van der Waals surface area contributed by atoms with Gasteiger partial charge in [0, 0.05) is 16.8 Å². The number of rotatable bonds is 6.